The molecular formula is C18H31NO. The molecule has 0 saturated carbocycles. The molecule has 1 aromatic rings. The van der Waals surface area contributed by atoms with Gasteiger partial charge in [0.15, 0.2) is 0 Å². The van der Waals surface area contributed by atoms with Crippen LogP contribution in [0.4, 0.5) is 0 Å². The Kier molecular flexibility index (Phi) is 7.25. The normalized spacial score (nSPS) is 13.4. The highest BCUT2D eigenvalue weighted by Crippen LogP contribution is 2.19. The molecule has 20 heavy (non-hydrogen) atoms. The summed E-state index contributed by atoms with van der Waals surface area (Å²) in [6, 6.07) is 9.17. The van der Waals surface area contributed by atoms with E-state index in [1.54, 1.807) is 0 Å². The number of hydrogen-bond acceptors (Lipinski definition) is 2. The van der Waals surface area contributed by atoms with Crippen molar-refractivity contribution in [1.82, 2.24) is 5.32 Å². The molecule has 0 heterocycles. The molecule has 2 nitrogen and oxygen atoms in total. The molecule has 0 bridgehead atoms. The van der Waals surface area contributed by atoms with Crippen molar-refractivity contribution in [3.8, 4) is 0 Å². The minimum atomic E-state index is 0.297. The number of benzene rings is 1. The Balaban J connectivity index is 2.50. The van der Waals surface area contributed by atoms with Gasteiger partial charge in [-0.15, -0.1) is 0 Å². The van der Waals surface area contributed by atoms with Gasteiger partial charge in [0.25, 0.3) is 0 Å². The van der Waals surface area contributed by atoms with Crippen molar-refractivity contribution in [2.24, 2.45) is 5.41 Å². The summed E-state index contributed by atoms with van der Waals surface area (Å²) in [5, 5.41) is 3.51. The summed E-state index contributed by atoms with van der Waals surface area (Å²) in [5.41, 5.74) is 3.05. The predicted molar refractivity (Wildman–Crippen MR) is 87.1 cm³/mol. The van der Waals surface area contributed by atoms with Gasteiger partial charge in [-0.25, -0.2) is 0 Å². The quantitative estimate of drug-likeness (QED) is 0.713. The van der Waals surface area contributed by atoms with Gasteiger partial charge in [0.05, 0.1) is 12.6 Å². The lowest BCUT2D eigenvalue weighted by molar-refractivity contribution is 0.0901. The summed E-state index contributed by atoms with van der Waals surface area (Å²) in [5.74, 6) is 0. The predicted octanol–water partition coefficient (Wildman–Crippen LogP) is 4.35. The summed E-state index contributed by atoms with van der Waals surface area (Å²) < 4.78 is 5.87. The number of ether oxygens (including phenoxy) is 1. The molecule has 114 valence electrons. The summed E-state index contributed by atoms with van der Waals surface area (Å²) in [6.07, 6.45) is 2.19. The third-order valence-electron chi connectivity index (χ3n) is 3.52. The number of aryl methyl sites for hydroxylation is 1. The van der Waals surface area contributed by atoms with Gasteiger partial charge in [-0.2, -0.15) is 0 Å². The Labute approximate surface area is 124 Å². The van der Waals surface area contributed by atoms with Crippen LogP contribution >= 0.6 is 0 Å². The highest BCUT2D eigenvalue weighted by atomic mass is 16.5. The molecule has 0 aliphatic carbocycles. The van der Waals surface area contributed by atoms with Crippen molar-refractivity contribution in [3.63, 3.8) is 0 Å². The first-order valence-electron chi connectivity index (χ1n) is 7.86. The first-order chi connectivity index (χ1) is 9.46. The topological polar surface area (TPSA) is 21.3 Å². The summed E-state index contributed by atoms with van der Waals surface area (Å²) in [7, 11) is 0. The molecular weight excluding hydrogens is 246 g/mol. The van der Waals surface area contributed by atoms with Crippen molar-refractivity contribution in [2.75, 3.05) is 19.8 Å². The lowest BCUT2D eigenvalue weighted by Crippen LogP contribution is -2.26. The highest BCUT2D eigenvalue weighted by Gasteiger charge is 2.13. The largest absolute Gasteiger partial charge is 0.379 e. The standard InChI is InChI=1S/C18H31NO/c1-6-15-8-10-16(11-9-15)17(19-7-2)14-20-13-12-18(3,4)5/h8-11,17,19H,6-7,12-14H2,1-5H3. The second-order valence-corrected chi connectivity index (χ2v) is 6.59. The molecule has 0 aromatic heterocycles. The van der Waals surface area contributed by atoms with Crippen LogP contribution in [-0.4, -0.2) is 19.8 Å². The maximum Gasteiger partial charge on any atom is 0.0661 e. The molecule has 0 amide bonds. The van der Waals surface area contributed by atoms with Gasteiger partial charge in [-0.1, -0.05) is 58.9 Å². The Bertz CT molecular complexity index is 364. The van der Waals surface area contributed by atoms with E-state index >= 15 is 0 Å². The number of rotatable bonds is 8. The van der Waals surface area contributed by atoms with E-state index in [-0.39, 0.29) is 0 Å². The van der Waals surface area contributed by atoms with E-state index in [9.17, 15) is 0 Å². The van der Waals surface area contributed by atoms with Gasteiger partial charge in [0.1, 0.15) is 0 Å². The second kappa shape index (κ2) is 8.43. The zero-order chi connectivity index (χ0) is 15.0. The molecule has 0 aliphatic rings. The van der Waals surface area contributed by atoms with E-state index in [4.69, 9.17) is 4.74 Å². The molecule has 0 spiro atoms. The van der Waals surface area contributed by atoms with Crippen LogP contribution < -0.4 is 5.32 Å². The van der Waals surface area contributed by atoms with Crippen LogP contribution in [0.5, 0.6) is 0 Å². The van der Waals surface area contributed by atoms with E-state index in [0.717, 1.165) is 32.6 Å². The van der Waals surface area contributed by atoms with Gasteiger partial charge >= 0.3 is 0 Å². The Hall–Kier alpha value is -0.860. The number of likely N-dealkylation sites (N-methyl/N-ethyl adjacent to an activating group) is 1. The fourth-order valence-corrected chi connectivity index (χ4v) is 2.08. The van der Waals surface area contributed by atoms with Crippen LogP contribution in [0, 0.1) is 5.41 Å². The molecule has 1 aromatic carbocycles. The van der Waals surface area contributed by atoms with Crippen LogP contribution in [0.15, 0.2) is 24.3 Å². The van der Waals surface area contributed by atoms with E-state index < -0.39 is 0 Å². The molecule has 1 atom stereocenters. The fraction of sp³-hybridized carbons (Fsp3) is 0.667. The third-order valence-corrected chi connectivity index (χ3v) is 3.52. The minimum absolute atomic E-state index is 0.297. The molecule has 2 heteroatoms. The van der Waals surface area contributed by atoms with Gasteiger partial charge in [-0.05, 0) is 35.9 Å². The Morgan fingerprint density at radius 1 is 1.10 bits per heavy atom. The van der Waals surface area contributed by atoms with Gasteiger partial charge in [-0.3, -0.25) is 0 Å². The summed E-state index contributed by atoms with van der Waals surface area (Å²) in [4.78, 5) is 0. The number of nitrogens with one attached hydrogen (secondary N) is 1. The van der Waals surface area contributed by atoms with Crippen molar-refractivity contribution in [2.45, 2.75) is 53.5 Å². The zero-order valence-corrected chi connectivity index (χ0v) is 13.8. The van der Waals surface area contributed by atoms with Gasteiger partial charge in [0.2, 0.25) is 0 Å². The third kappa shape index (κ3) is 6.53. The average molecular weight is 277 g/mol. The average Bonchev–Trinajstić information content (AvgIpc) is 2.41. The van der Waals surface area contributed by atoms with Crippen molar-refractivity contribution in [3.05, 3.63) is 35.4 Å². The second-order valence-electron chi connectivity index (χ2n) is 6.59. The maximum absolute atomic E-state index is 5.87. The molecule has 1 unspecified atom stereocenters. The van der Waals surface area contributed by atoms with Crippen LogP contribution in [0.1, 0.15) is 58.2 Å². The molecule has 1 rings (SSSR count). The molecule has 0 saturated heterocycles. The molecule has 0 aliphatic heterocycles. The fourth-order valence-electron chi connectivity index (χ4n) is 2.08. The van der Waals surface area contributed by atoms with E-state index in [1.165, 1.54) is 11.1 Å². The lowest BCUT2D eigenvalue weighted by Gasteiger charge is -2.21. The Morgan fingerprint density at radius 3 is 2.25 bits per heavy atom. The zero-order valence-electron chi connectivity index (χ0n) is 13.8. The first kappa shape index (κ1) is 17.2. The van der Waals surface area contributed by atoms with Crippen molar-refractivity contribution < 1.29 is 4.74 Å². The highest BCUT2D eigenvalue weighted by molar-refractivity contribution is 5.25. The Morgan fingerprint density at radius 2 is 1.75 bits per heavy atom. The summed E-state index contributed by atoms with van der Waals surface area (Å²) in [6.45, 7) is 13.6. The molecule has 0 radical (unpaired) electrons. The smallest absolute Gasteiger partial charge is 0.0661 e. The molecule has 1 N–H and O–H groups in total. The van der Waals surface area contributed by atoms with Crippen LogP contribution in [0.2, 0.25) is 0 Å². The molecule has 0 fully saturated rings. The van der Waals surface area contributed by atoms with Crippen molar-refractivity contribution in [1.29, 1.82) is 0 Å². The monoisotopic (exact) mass is 277 g/mol. The SMILES string of the molecule is CCNC(COCCC(C)(C)C)c1ccc(CC)cc1. The van der Waals surface area contributed by atoms with E-state index in [2.05, 4.69) is 64.2 Å². The van der Waals surface area contributed by atoms with E-state index in [1.807, 2.05) is 0 Å². The number of hydrogen-bond donors (Lipinski definition) is 1. The maximum atomic E-state index is 5.87. The lowest BCUT2D eigenvalue weighted by atomic mass is 9.93. The summed E-state index contributed by atoms with van der Waals surface area (Å²) >= 11 is 0. The van der Waals surface area contributed by atoms with E-state index in [0.29, 0.717) is 11.5 Å². The minimum Gasteiger partial charge on any atom is -0.379 e. The van der Waals surface area contributed by atoms with Crippen LogP contribution in [0.25, 0.3) is 0 Å². The first-order valence-corrected chi connectivity index (χ1v) is 7.86. The van der Waals surface area contributed by atoms with Crippen LogP contribution in [0.3, 0.4) is 0 Å². The van der Waals surface area contributed by atoms with Crippen LogP contribution in [-0.2, 0) is 11.2 Å². The van der Waals surface area contributed by atoms with Crippen molar-refractivity contribution >= 4 is 0 Å². The van der Waals surface area contributed by atoms with Gasteiger partial charge in [0, 0.05) is 6.61 Å². The van der Waals surface area contributed by atoms with Gasteiger partial charge < -0.3 is 10.1 Å².